The quantitative estimate of drug-likeness (QED) is 0.184. The smallest absolute Gasteiger partial charge is 0.322 e. The Morgan fingerprint density at radius 1 is 0.893 bits per heavy atom. The molecule has 2 N–H and O–H groups in total. The first-order chi connectivity index (χ1) is 13.4. The van der Waals surface area contributed by atoms with Crippen molar-refractivity contribution in [1.82, 2.24) is 0 Å². The van der Waals surface area contributed by atoms with Crippen molar-refractivity contribution in [2.45, 2.75) is 103 Å². The molecule has 0 fully saturated rings. The maximum Gasteiger partial charge on any atom is 0.322 e. The van der Waals surface area contributed by atoms with E-state index in [4.69, 9.17) is 10.2 Å². The van der Waals surface area contributed by atoms with E-state index >= 15 is 0 Å². The predicted molar refractivity (Wildman–Crippen MR) is 112 cm³/mol. The zero-order valence-corrected chi connectivity index (χ0v) is 18.3. The Kier molecular flexibility index (Phi) is 17.5. The molecule has 28 heavy (non-hydrogen) atoms. The van der Waals surface area contributed by atoms with Gasteiger partial charge in [0.25, 0.3) is 0 Å². The van der Waals surface area contributed by atoms with Gasteiger partial charge < -0.3 is 14.4 Å². The first kappa shape index (κ1) is 27.1. The standard InChI is InChI=1S/C21H40O6S/c1-2-3-4-5-6-7-8-9-10-11-12-13-14-15-16-17-21(24)27-28(25,26)19-20(23)18-22/h9-10,20,22-23H,2-8,11-19H2,1H3. The van der Waals surface area contributed by atoms with Crippen LogP contribution in [-0.2, 0) is 19.1 Å². The SMILES string of the molecule is CCCCCCCCC=CCCCCCCCC(=O)OS(=O)(=O)CC(O)CO. The molecule has 0 radical (unpaired) electrons. The second-order valence-corrected chi connectivity index (χ2v) is 8.97. The van der Waals surface area contributed by atoms with Crippen LogP contribution >= 0.6 is 0 Å². The highest BCUT2D eigenvalue weighted by molar-refractivity contribution is 7.87. The normalized spacial score (nSPS) is 13.1. The van der Waals surface area contributed by atoms with Gasteiger partial charge in [0.05, 0.1) is 12.7 Å². The van der Waals surface area contributed by atoms with Gasteiger partial charge in [0.2, 0.25) is 0 Å². The fourth-order valence-corrected chi connectivity index (χ4v) is 3.86. The van der Waals surface area contributed by atoms with Crippen LogP contribution in [0.4, 0.5) is 0 Å². The summed E-state index contributed by atoms with van der Waals surface area (Å²) in [4.78, 5) is 11.5. The summed E-state index contributed by atoms with van der Waals surface area (Å²) in [6, 6.07) is 0. The monoisotopic (exact) mass is 420 g/mol. The zero-order chi connectivity index (χ0) is 21.1. The Morgan fingerprint density at radius 3 is 1.93 bits per heavy atom. The molecule has 166 valence electrons. The van der Waals surface area contributed by atoms with Crippen LogP contribution in [0.1, 0.15) is 96.8 Å². The number of hydrogen-bond donors (Lipinski definition) is 2. The fourth-order valence-electron chi connectivity index (χ4n) is 2.85. The van der Waals surface area contributed by atoms with E-state index < -0.39 is 34.6 Å². The lowest BCUT2D eigenvalue weighted by Crippen LogP contribution is -2.27. The maximum atomic E-state index is 11.5. The van der Waals surface area contributed by atoms with Gasteiger partial charge in [-0.15, -0.1) is 0 Å². The van der Waals surface area contributed by atoms with Crippen molar-refractivity contribution in [3.8, 4) is 0 Å². The van der Waals surface area contributed by atoms with E-state index in [1.165, 1.54) is 44.9 Å². The lowest BCUT2D eigenvalue weighted by Gasteiger charge is -2.08. The number of carbonyl (C=O) groups is 1. The molecule has 0 saturated heterocycles. The van der Waals surface area contributed by atoms with Gasteiger partial charge in [-0.25, -0.2) is 0 Å². The molecule has 0 aliphatic carbocycles. The van der Waals surface area contributed by atoms with Gasteiger partial charge in [0.15, 0.2) is 0 Å². The topological polar surface area (TPSA) is 101 Å². The van der Waals surface area contributed by atoms with Crippen molar-refractivity contribution in [2.24, 2.45) is 0 Å². The molecule has 0 aromatic carbocycles. The molecule has 0 bridgehead atoms. The van der Waals surface area contributed by atoms with Gasteiger partial charge in [0, 0.05) is 6.42 Å². The molecule has 0 aromatic rings. The molecule has 6 nitrogen and oxygen atoms in total. The number of hydrogen-bond acceptors (Lipinski definition) is 6. The molecule has 0 aliphatic heterocycles. The predicted octanol–water partition coefficient (Wildman–Crippen LogP) is 4.25. The van der Waals surface area contributed by atoms with Crippen LogP contribution < -0.4 is 0 Å². The van der Waals surface area contributed by atoms with E-state index in [0.717, 1.165) is 32.1 Å². The molecule has 0 spiro atoms. The van der Waals surface area contributed by atoms with Gasteiger partial charge in [-0.3, -0.25) is 4.79 Å². The second kappa shape index (κ2) is 18.1. The largest absolute Gasteiger partial charge is 0.394 e. The minimum absolute atomic E-state index is 0.0482. The third-order valence-corrected chi connectivity index (χ3v) is 5.70. The van der Waals surface area contributed by atoms with Crippen LogP contribution in [0, 0.1) is 0 Å². The van der Waals surface area contributed by atoms with Crippen molar-refractivity contribution >= 4 is 16.1 Å². The second-order valence-electron chi connectivity index (χ2n) is 7.35. The van der Waals surface area contributed by atoms with E-state index in [0.29, 0.717) is 6.42 Å². The van der Waals surface area contributed by atoms with E-state index in [1.54, 1.807) is 0 Å². The molecule has 0 aliphatic rings. The summed E-state index contributed by atoms with van der Waals surface area (Å²) in [6.45, 7) is 1.55. The van der Waals surface area contributed by atoms with Crippen molar-refractivity contribution in [3.63, 3.8) is 0 Å². The third-order valence-electron chi connectivity index (χ3n) is 4.47. The van der Waals surface area contributed by atoms with Gasteiger partial charge in [-0.05, 0) is 32.1 Å². The average Bonchev–Trinajstić information content (AvgIpc) is 2.63. The van der Waals surface area contributed by atoms with Crippen LogP contribution in [0.25, 0.3) is 0 Å². The van der Waals surface area contributed by atoms with Crippen molar-refractivity contribution in [2.75, 3.05) is 12.4 Å². The van der Waals surface area contributed by atoms with Gasteiger partial charge >= 0.3 is 16.1 Å². The number of allylic oxidation sites excluding steroid dienone is 2. The molecule has 0 heterocycles. The first-order valence-electron chi connectivity index (χ1n) is 10.8. The summed E-state index contributed by atoms with van der Waals surface area (Å²) in [5.74, 6) is -1.58. The molecule has 0 aromatic heterocycles. The minimum atomic E-state index is -4.13. The third kappa shape index (κ3) is 18.4. The van der Waals surface area contributed by atoms with Gasteiger partial charge in [-0.2, -0.15) is 8.42 Å². The number of unbranched alkanes of at least 4 members (excludes halogenated alkanes) is 11. The van der Waals surface area contributed by atoms with E-state index in [2.05, 4.69) is 23.3 Å². The number of aliphatic hydroxyl groups excluding tert-OH is 2. The lowest BCUT2D eigenvalue weighted by atomic mass is 10.1. The molecule has 7 heteroatoms. The Balaban J connectivity index is 3.49. The Labute approximate surface area is 171 Å². The summed E-state index contributed by atoms with van der Waals surface area (Å²) in [5, 5.41) is 17.7. The number of aliphatic hydroxyl groups is 2. The fraction of sp³-hybridized carbons (Fsp3) is 0.857. The molecule has 1 atom stereocenters. The Hall–Kier alpha value is -0.920. The highest BCUT2D eigenvalue weighted by Gasteiger charge is 2.21. The molecular formula is C21H40O6S. The van der Waals surface area contributed by atoms with Crippen LogP contribution in [0.5, 0.6) is 0 Å². The maximum absolute atomic E-state index is 11.5. The first-order valence-corrected chi connectivity index (χ1v) is 12.4. The van der Waals surface area contributed by atoms with Gasteiger partial charge in [0.1, 0.15) is 5.75 Å². The van der Waals surface area contributed by atoms with Crippen LogP contribution in [-0.4, -0.2) is 43.1 Å². The highest BCUT2D eigenvalue weighted by atomic mass is 32.2. The van der Waals surface area contributed by atoms with E-state index in [-0.39, 0.29) is 6.42 Å². The summed E-state index contributed by atoms with van der Waals surface area (Å²) < 4.78 is 27.3. The number of rotatable bonds is 19. The average molecular weight is 421 g/mol. The molecule has 0 rings (SSSR count). The molecular weight excluding hydrogens is 380 g/mol. The Bertz CT molecular complexity index is 501. The van der Waals surface area contributed by atoms with Crippen molar-refractivity contribution in [1.29, 1.82) is 0 Å². The van der Waals surface area contributed by atoms with E-state index in [9.17, 15) is 13.2 Å². The van der Waals surface area contributed by atoms with Crippen molar-refractivity contribution < 1.29 is 27.6 Å². The summed E-state index contributed by atoms with van der Waals surface area (Å²) in [5.41, 5.74) is 0. The van der Waals surface area contributed by atoms with Gasteiger partial charge in [-0.1, -0.05) is 70.4 Å². The molecule has 0 amide bonds. The Morgan fingerprint density at radius 2 is 1.39 bits per heavy atom. The number of carbonyl (C=O) groups excluding carboxylic acids is 1. The van der Waals surface area contributed by atoms with Crippen LogP contribution in [0.2, 0.25) is 0 Å². The molecule has 1 unspecified atom stereocenters. The summed E-state index contributed by atoms with van der Waals surface area (Å²) in [6.07, 6.45) is 18.1. The minimum Gasteiger partial charge on any atom is -0.394 e. The van der Waals surface area contributed by atoms with Crippen LogP contribution in [0.15, 0.2) is 12.2 Å². The summed E-state index contributed by atoms with van der Waals surface area (Å²) in [7, 11) is -4.13. The highest BCUT2D eigenvalue weighted by Crippen LogP contribution is 2.11. The summed E-state index contributed by atoms with van der Waals surface area (Å²) >= 11 is 0. The lowest BCUT2D eigenvalue weighted by molar-refractivity contribution is -0.134. The zero-order valence-electron chi connectivity index (χ0n) is 17.5. The van der Waals surface area contributed by atoms with Crippen molar-refractivity contribution in [3.05, 3.63) is 12.2 Å². The molecule has 0 saturated carbocycles. The van der Waals surface area contributed by atoms with Crippen LogP contribution in [0.3, 0.4) is 0 Å². The van der Waals surface area contributed by atoms with E-state index in [1.807, 2.05) is 0 Å².